The van der Waals surface area contributed by atoms with Crippen molar-refractivity contribution in [3.63, 3.8) is 0 Å². The van der Waals surface area contributed by atoms with Gasteiger partial charge in [-0.1, -0.05) is 41.5 Å². The smallest absolute Gasteiger partial charge is 0.127 e. The van der Waals surface area contributed by atoms with Crippen molar-refractivity contribution in [2.24, 2.45) is 5.92 Å². The minimum Gasteiger partial charge on any atom is -0.303 e. The molecule has 1 heteroatoms. The Bertz CT molecular complexity index is 346. The maximum atomic E-state index is 10.4. The van der Waals surface area contributed by atoms with E-state index in [1.807, 2.05) is 0 Å². The van der Waals surface area contributed by atoms with E-state index in [0.29, 0.717) is 0 Å². The molecule has 1 atom stereocenters. The molecule has 0 aromatic heterocycles. The molecule has 1 aliphatic carbocycles. The number of carbonyl (C=O) groups is 1. The van der Waals surface area contributed by atoms with Gasteiger partial charge in [0.1, 0.15) is 6.29 Å². The molecule has 13 heavy (non-hydrogen) atoms. The van der Waals surface area contributed by atoms with Crippen molar-refractivity contribution in [1.29, 1.82) is 0 Å². The summed E-state index contributed by atoms with van der Waals surface area (Å²) < 4.78 is 0. The first-order valence-electron chi connectivity index (χ1n) is 4.52. The Morgan fingerprint density at radius 2 is 2.00 bits per heavy atom. The Morgan fingerprint density at radius 3 is 2.54 bits per heavy atom. The molecule has 1 saturated carbocycles. The Morgan fingerprint density at radius 1 is 1.31 bits per heavy atom. The second kappa shape index (κ2) is 3.17. The van der Waals surface area contributed by atoms with E-state index in [4.69, 9.17) is 0 Å². The van der Waals surface area contributed by atoms with E-state index >= 15 is 0 Å². The lowest BCUT2D eigenvalue weighted by atomic mass is 10.1. The molecule has 0 bridgehead atoms. The third-order valence-corrected chi connectivity index (χ3v) is 2.37. The van der Waals surface area contributed by atoms with Gasteiger partial charge in [-0.3, -0.25) is 0 Å². The number of benzene rings is 1. The number of hydrogen-bond acceptors (Lipinski definition) is 1. The number of rotatable bonds is 2. The molecule has 0 saturated heterocycles. The Balaban J connectivity index is 2.15. The largest absolute Gasteiger partial charge is 0.303 e. The van der Waals surface area contributed by atoms with Crippen LogP contribution >= 0.6 is 0 Å². The lowest BCUT2D eigenvalue weighted by Gasteiger charge is -1.93. The van der Waals surface area contributed by atoms with Crippen molar-refractivity contribution in [1.82, 2.24) is 0 Å². The first kappa shape index (κ1) is 8.24. The summed E-state index contributed by atoms with van der Waals surface area (Å²) in [6, 6.07) is 8.35. The molecule has 1 aromatic carbocycles. The molecule has 1 nitrogen and oxygen atoms in total. The Labute approximate surface area is 78.1 Å². The van der Waals surface area contributed by atoms with Gasteiger partial charge in [0.25, 0.3) is 0 Å². The van der Waals surface area contributed by atoms with Crippen LogP contribution < -0.4 is 0 Å². The second-order valence-corrected chi connectivity index (χ2v) is 3.58. The van der Waals surface area contributed by atoms with Crippen LogP contribution in [0.2, 0.25) is 0 Å². The van der Waals surface area contributed by atoms with Crippen molar-refractivity contribution < 1.29 is 4.79 Å². The summed E-state index contributed by atoms with van der Waals surface area (Å²) >= 11 is 0. The van der Waals surface area contributed by atoms with E-state index in [1.165, 1.54) is 16.7 Å². The van der Waals surface area contributed by atoms with E-state index in [2.05, 4.69) is 37.3 Å². The molecule has 1 aliphatic rings. The van der Waals surface area contributed by atoms with Gasteiger partial charge in [0.05, 0.1) is 0 Å². The zero-order valence-electron chi connectivity index (χ0n) is 7.66. The highest BCUT2D eigenvalue weighted by atomic mass is 16.1. The Kier molecular flexibility index (Phi) is 2.01. The molecule has 0 N–H and O–H groups in total. The van der Waals surface area contributed by atoms with E-state index in [9.17, 15) is 4.79 Å². The minimum absolute atomic E-state index is 0.210. The highest BCUT2D eigenvalue weighted by molar-refractivity contribution is 5.73. The van der Waals surface area contributed by atoms with Gasteiger partial charge in [-0.15, -0.1) is 0 Å². The molecule has 0 aliphatic heterocycles. The zero-order chi connectivity index (χ0) is 9.26. The molecule has 0 amide bonds. The fourth-order valence-electron chi connectivity index (χ4n) is 1.37. The van der Waals surface area contributed by atoms with Crippen LogP contribution in [0.5, 0.6) is 0 Å². The van der Waals surface area contributed by atoms with Crippen molar-refractivity contribution in [3.05, 3.63) is 41.0 Å². The summed E-state index contributed by atoms with van der Waals surface area (Å²) in [5.41, 5.74) is 3.73. The van der Waals surface area contributed by atoms with Gasteiger partial charge in [-0.05, 0) is 18.9 Å². The monoisotopic (exact) mass is 172 g/mol. The summed E-state index contributed by atoms with van der Waals surface area (Å²) in [4.78, 5) is 10.4. The van der Waals surface area contributed by atoms with Gasteiger partial charge in [-0.25, -0.2) is 0 Å². The minimum atomic E-state index is 0.210. The van der Waals surface area contributed by atoms with Crippen molar-refractivity contribution in [3.8, 4) is 0 Å². The maximum absolute atomic E-state index is 10.4. The quantitative estimate of drug-likeness (QED) is 0.627. The molecule has 2 rings (SSSR count). The van der Waals surface area contributed by atoms with Crippen molar-refractivity contribution in [2.75, 3.05) is 0 Å². The predicted molar refractivity (Wildman–Crippen MR) is 53.3 cm³/mol. The van der Waals surface area contributed by atoms with Crippen LogP contribution in [0, 0.1) is 12.8 Å². The van der Waals surface area contributed by atoms with Gasteiger partial charge in [0.15, 0.2) is 0 Å². The summed E-state index contributed by atoms with van der Waals surface area (Å²) in [7, 11) is 0. The Hall–Kier alpha value is -1.37. The molecule has 0 spiro atoms. The van der Waals surface area contributed by atoms with Crippen LogP contribution in [0.1, 0.15) is 17.5 Å². The van der Waals surface area contributed by atoms with Crippen LogP contribution in [-0.4, -0.2) is 6.29 Å². The summed E-state index contributed by atoms with van der Waals surface area (Å²) in [6.45, 7) is 2.07. The van der Waals surface area contributed by atoms with Gasteiger partial charge in [0.2, 0.25) is 0 Å². The highest BCUT2D eigenvalue weighted by Crippen LogP contribution is 2.37. The number of allylic oxidation sites excluding steroid dienone is 1. The van der Waals surface area contributed by atoms with E-state index in [1.54, 1.807) is 0 Å². The third kappa shape index (κ3) is 1.86. The first-order valence-corrected chi connectivity index (χ1v) is 4.52. The van der Waals surface area contributed by atoms with Gasteiger partial charge >= 0.3 is 0 Å². The number of aryl methyl sites for hydroxylation is 1. The fourth-order valence-corrected chi connectivity index (χ4v) is 1.37. The van der Waals surface area contributed by atoms with Gasteiger partial charge < -0.3 is 4.79 Å². The SMILES string of the molecule is Cc1ccc(/C=C2\CC2C=O)cc1. The van der Waals surface area contributed by atoms with Crippen LogP contribution in [0.25, 0.3) is 6.08 Å². The number of hydrogen-bond donors (Lipinski definition) is 0. The van der Waals surface area contributed by atoms with Crippen LogP contribution in [0.3, 0.4) is 0 Å². The van der Waals surface area contributed by atoms with Crippen LogP contribution in [0.15, 0.2) is 29.8 Å². The van der Waals surface area contributed by atoms with Gasteiger partial charge in [-0.2, -0.15) is 0 Å². The predicted octanol–water partition coefficient (Wildman–Crippen LogP) is 2.60. The lowest BCUT2D eigenvalue weighted by molar-refractivity contribution is -0.108. The van der Waals surface area contributed by atoms with Crippen molar-refractivity contribution in [2.45, 2.75) is 13.3 Å². The van der Waals surface area contributed by atoms with Crippen LogP contribution in [-0.2, 0) is 4.79 Å². The summed E-state index contributed by atoms with van der Waals surface area (Å²) in [5.74, 6) is 0.210. The fraction of sp³-hybridized carbons (Fsp3) is 0.250. The third-order valence-electron chi connectivity index (χ3n) is 2.37. The van der Waals surface area contributed by atoms with E-state index in [-0.39, 0.29) is 5.92 Å². The van der Waals surface area contributed by atoms with Crippen LogP contribution in [0.4, 0.5) is 0 Å². The molecule has 1 aromatic rings. The van der Waals surface area contributed by atoms with E-state index in [0.717, 1.165) is 12.7 Å². The molecule has 0 radical (unpaired) electrons. The molecular formula is C12H12O. The molecule has 1 fully saturated rings. The topological polar surface area (TPSA) is 17.1 Å². The first-order chi connectivity index (χ1) is 6.29. The number of aldehydes is 1. The average molecular weight is 172 g/mol. The normalized spacial score (nSPS) is 23.2. The lowest BCUT2D eigenvalue weighted by Crippen LogP contribution is -1.75. The van der Waals surface area contributed by atoms with Gasteiger partial charge in [0, 0.05) is 5.92 Å². The molecular weight excluding hydrogens is 160 g/mol. The standard InChI is InChI=1S/C12H12O/c1-9-2-4-10(5-3-9)6-11-7-12(11)8-13/h2-6,8,12H,7H2,1H3/b11-6+. The second-order valence-electron chi connectivity index (χ2n) is 3.58. The average Bonchev–Trinajstić information content (AvgIpc) is 2.88. The molecule has 0 heterocycles. The van der Waals surface area contributed by atoms with E-state index < -0.39 is 0 Å². The maximum Gasteiger partial charge on any atom is 0.127 e. The summed E-state index contributed by atoms with van der Waals surface area (Å²) in [5, 5.41) is 0. The zero-order valence-corrected chi connectivity index (χ0v) is 7.66. The van der Waals surface area contributed by atoms with Crippen molar-refractivity contribution >= 4 is 12.4 Å². The number of carbonyl (C=O) groups excluding carboxylic acids is 1. The summed E-state index contributed by atoms with van der Waals surface area (Å²) in [6.07, 6.45) is 4.09. The highest BCUT2D eigenvalue weighted by Gasteiger charge is 2.28. The molecule has 1 unspecified atom stereocenters. The molecule has 66 valence electrons.